The van der Waals surface area contributed by atoms with Gasteiger partial charge >= 0.3 is 6.03 Å². The minimum Gasteiger partial charge on any atom is -0.335 e. The number of aromatic nitrogens is 2. The highest BCUT2D eigenvalue weighted by molar-refractivity contribution is 6.30. The summed E-state index contributed by atoms with van der Waals surface area (Å²) in [5, 5.41) is 8.02. The van der Waals surface area contributed by atoms with Crippen LogP contribution in [0.4, 0.5) is 10.5 Å². The number of halogens is 1. The quantitative estimate of drug-likeness (QED) is 0.667. The predicted molar refractivity (Wildman–Crippen MR) is 121 cm³/mol. The van der Waals surface area contributed by atoms with E-state index in [1.54, 1.807) is 38.7 Å². The number of para-hydroxylation sites is 1. The summed E-state index contributed by atoms with van der Waals surface area (Å²) in [6.07, 6.45) is 0.707. The number of nitrogens with one attached hydrogen (secondary N) is 1. The summed E-state index contributed by atoms with van der Waals surface area (Å²) in [4.78, 5) is 29.2. The van der Waals surface area contributed by atoms with E-state index < -0.39 is 0 Å². The topological polar surface area (TPSA) is 70.5 Å². The molecule has 1 N–H and O–H groups in total. The average molecular weight is 438 g/mol. The standard InChI is InChI=1S/C23H24ClN5O2/c1-17-16-21(26-29(17)20-6-3-2-4-7-20)22(30)27-12-5-13-28(15-14-27)23(31)25-19-10-8-18(24)9-11-19/h2-4,6-11,16H,5,12-15H2,1H3,(H,25,31). The van der Waals surface area contributed by atoms with Crippen molar-refractivity contribution in [3.8, 4) is 5.69 Å². The van der Waals surface area contributed by atoms with Crippen LogP contribution in [-0.4, -0.2) is 57.7 Å². The van der Waals surface area contributed by atoms with Gasteiger partial charge in [-0.05, 0) is 55.8 Å². The van der Waals surface area contributed by atoms with Crippen molar-refractivity contribution in [2.45, 2.75) is 13.3 Å². The van der Waals surface area contributed by atoms with Gasteiger partial charge in [0.25, 0.3) is 5.91 Å². The molecule has 3 amide bonds. The third kappa shape index (κ3) is 4.88. The number of rotatable bonds is 3. The van der Waals surface area contributed by atoms with E-state index in [1.807, 2.05) is 43.3 Å². The van der Waals surface area contributed by atoms with Crippen molar-refractivity contribution in [3.05, 3.63) is 77.1 Å². The Labute approximate surface area is 186 Å². The maximum atomic E-state index is 13.1. The lowest BCUT2D eigenvalue weighted by atomic mass is 10.3. The van der Waals surface area contributed by atoms with Gasteiger partial charge in [-0.1, -0.05) is 29.8 Å². The first-order valence-electron chi connectivity index (χ1n) is 10.2. The van der Waals surface area contributed by atoms with Crippen LogP contribution in [0.2, 0.25) is 5.02 Å². The smallest absolute Gasteiger partial charge is 0.321 e. The van der Waals surface area contributed by atoms with E-state index in [4.69, 9.17) is 11.6 Å². The molecule has 0 saturated carbocycles. The molecule has 2 heterocycles. The molecule has 1 aliphatic rings. The Morgan fingerprint density at radius 1 is 0.935 bits per heavy atom. The van der Waals surface area contributed by atoms with Crippen LogP contribution < -0.4 is 5.32 Å². The Balaban J connectivity index is 1.40. The summed E-state index contributed by atoms with van der Waals surface area (Å²) in [6, 6.07) is 18.4. The molecule has 0 unspecified atom stereocenters. The molecule has 1 fully saturated rings. The van der Waals surface area contributed by atoms with E-state index in [0.29, 0.717) is 49.0 Å². The van der Waals surface area contributed by atoms with Gasteiger partial charge in [-0.2, -0.15) is 5.10 Å². The van der Waals surface area contributed by atoms with Gasteiger partial charge < -0.3 is 15.1 Å². The minimum atomic E-state index is -0.180. The van der Waals surface area contributed by atoms with E-state index in [-0.39, 0.29) is 11.9 Å². The Bertz CT molecular complexity index is 1070. The van der Waals surface area contributed by atoms with E-state index in [9.17, 15) is 9.59 Å². The molecule has 0 spiro atoms. The van der Waals surface area contributed by atoms with Gasteiger partial charge in [0.05, 0.1) is 5.69 Å². The first-order chi connectivity index (χ1) is 15.0. The van der Waals surface area contributed by atoms with Crippen molar-refractivity contribution in [1.29, 1.82) is 0 Å². The maximum absolute atomic E-state index is 13.1. The monoisotopic (exact) mass is 437 g/mol. The van der Waals surface area contributed by atoms with Crippen LogP contribution in [0.25, 0.3) is 5.69 Å². The number of benzene rings is 2. The zero-order valence-electron chi connectivity index (χ0n) is 17.3. The van der Waals surface area contributed by atoms with Crippen molar-refractivity contribution in [3.63, 3.8) is 0 Å². The van der Waals surface area contributed by atoms with Crippen LogP contribution >= 0.6 is 11.6 Å². The second-order valence-corrected chi connectivity index (χ2v) is 7.92. The third-order valence-electron chi connectivity index (χ3n) is 5.27. The van der Waals surface area contributed by atoms with Gasteiger partial charge in [0, 0.05) is 42.6 Å². The Kier molecular flexibility index (Phi) is 6.23. The molecule has 0 bridgehead atoms. The van der Waals surface area contributed by atoms with E-state index in [0.717, 1.165) is 11.4 Å². The maximum Gasteiger partial charge on any atom is 0.321 e. The molecule has 31 heavy (non-hydrogen) atoms. The summed E-state index contributed by atoms with van der Waals surface area (Å²) >= 11 is 5.89. The molecule has 0 atom stereocenters. The molecule has 8 heteroatoms. The molecule has 1 aliphatic heterocycles. The molecule has 0 aliphatic carbocycles. The Hall–Kier alpha value is -3.32. The summed E-state index contributed by atoms with van der Waals surface area (Å²) < 4.78 is 1.77. The number of urea groups is 1. The second-order valence-electron chi connectivity index (χ2n) is 7.49. The molecule has 3 aromatic rings. The van der Waals surface area contributed by atoms with Crippen molar-refractivity contribution >= 4 is 29.2 Å². The van der Waals surface area contributed by atoms with Crippen molar-refractivity contribution < 1.29 is 9.59 Å². The van der Waals surface area contributed by atoms with Gasteiger partial charge in [-0.15, -0.1) is 0 Å². The zero-order chi connectivity index (χ0) is 21.8. The number of nitrogens with zero attached hydrogens (tertiary/aromatic N) is 4. The van der Waals surface area contributed by atoms with Gasteiger partial charge in [-0.25, -0.2) is 9.48 Å². The first-order valence-corrected chi connectivity index (χ1v) is 10.6. The number of hydrogen-bond donors (Lipinski definition) is 1. The van der Waals surface area contributed by atoms with Gasteiger partial charge in [0.1, 0.15) is 0 Å². The number of carbonyl (C=O) groups is 2. The summed E-state index contributed by atoms with van der Waals surface area (Å²) in [7, 11) is 0. The molecule has 4 rings (SSSR count). The van der Waals surface area contributed by atoms with Gasteiger partial charge in [0.2, 0.25) is 0 Å². The lowest BCUT2D eigenvalue weighted by Gasteiger charge is -2.22. The summed E-state index contributed by atoms with van der Waals surface area (Å²) in [6.45, 7) is 4.02. The molecule has 0 radical (unpaired) electrons. The third-order valence-corrected chi connectivity index (χ3v) is 5.53. The summed E-state index contributed by atoms with van der Waals surface area (Å²) in [5.74, 6) is -0.113. The number of carbonyl (C=O) groups excluding carboxylic acids is 2. The fourth-order valence-corrected chi connectivity index (χ4v) is 3.76. The predicted octanol–water partition coefficient (Wildman–Crippen LogP) is 4.21. The number of aryl methyl sites for hydroxylation is 1. The van der Waals surface area contributed by atoms with Crippen molar-refractivity contribution in [1.82, 2.24) is 19.6 Å². The molecule has 1 saturated heterocycles. The highest BCUT2D eigenvalue weighted by Crippen LogP contribution is 2.16. The molecule has 1 aromatic heterocycles. The normalized spacial score (nSPS) is 14.3. The average Bonchev–Trinajstić information content (AvgIpc) is 3.00. The highest BCUT2D eigenvalue weighted by atomic mass is 35.5. The fourth-order valence-electron chi connectivity index (χ4n) is 3.63. The fraction of sp³-hybridized carbons (Fsp3) is 0.261. The van der Waals surface area contributed by atoms with Crippen LogP contribution in [0, 0.1) is 6.92 Å². The van der Waals surface area contributed by atoms with E-state index in [1.165, 1.54) is 0 Å². The first kappa shape index (κ1) is 20.9. The molecule has 2 aromatic carbocycles. The van der Waals surface area contributed by atoms with Crippen LogP contribution in [0.1, 0.15) is 22.6 Å². The Morgan fingerprint density at radius 3 is 2.35 bits per heavy atom. The van der Waals surface area contributed by atoms with E-state index in [2.05, 4.69) is 10.4 Å². The van der Waals surface area contributed by atoms with Gasteiger partial charge in [0.15, 0.2) is 5.69 Å². The number of amides is 3. The SMILES string of the molecule is Cc1cc(C(=O)N2CCCN(C(=O)Nc3ccc(Cl)cc3)CC2)nn1-c1ccccc1. The van der Waals surface area contributed by atoms with Crippen LogP contribution in [-0.2, 0) is 0 Å². The van der Waals surface area contributed by atoms with Crippen LogP contribution in [0.5, 0.6) is 0 Å². The van der Waals surface area contributed by atoms with E-state index >= 15 is 0 Å². The molecular formula is C23H24ClN5O2. The number of anilines is 1. The molecule has 160 valence electrons. The number of hydrogen-bond acceptors (Lipinski definition) is 3. The Morgan fingerprint density at radius 2 is 1.61 bits per heavy atom. The largest absolute Gasteiger partial charge is 0.335 e. The van der Waals surface area contributed by atoms with Crippen LogP contribution in [0.3, 0.4) is 0 Å². The lowest BCUT2D eigenvalue weighted by molar-refractivity contribution is 0.0756. The lowest BCUT2D eigenvalue weighted by Crippen LogP contribution is -2.39. The zero-order valence-corrected chi connectivity index (χ0v) is 18.0. The molecular weight excluding hydrogens is 414 g/mol. The van der Waals surface area contributed by atoms with Crippen LogP contribution in [0.15, 0.2) is 60.7 Å². The summed E-state index contributed by atoms with van der Waals surface area (Å²) in [5.41, 5.74) is 2.92. The van der Waals surface area contributed by atoms with Gasteiger partial charge in [-0.3, -0.25) is 4.79 Å². The minimum absolute atomic E-state index is 0.113. The molecule has 7 nitrogen and oxygen atoms in total. The highest BCUT2D eigenvalue weighted by Gasteiger charge is 2.25. The van der Waals surface area contributed by atoms with Crippen molar-refractivity contribution in [2.75, 3.05) is 31.5 Å². The second kappa shape index (κ2) is 9.22. The van der Waals surface area contributed by atoms with Crippen molar-refractivity contribution in [2.24, 2.45) is 0 Å².